The summed E-state index contributed by atoms with van der Waals surface area (Å²) in [5.41, 5.74) is 1.40. The molecular formula is C21H29N3O3S. The second-order valence-electron chi connectivity index (χ2n) is 6.62. The van der Waals surface area contributed by atoms with Gasteiger partial charge in [0.15, 0.2) is 0 Å². The average molecular weight is 404 g/mol. The number of anilines is 1. The Balaban J connectivity index is 2.07. The molecule has 1 atom stereocenters. The summed E-state index contributed by atoms with van der Waals surface area (Å²) in [4.78, 5) is 14.8. The lowest BCUT2D eigenvalue weighted by Crippen LogP contribution is -2.40. The molecule has 0 saturated carbocycles. The first-order valence-corrected chi connectivity index (χ1v) is 10.9. The molecule has 2 aromatic carbocycles. The molecule has 28 heavy (non-hydrogen) atoms. The van der Waals surface area contributed by atoms with E-state index in [0.29, 0.717) is 25.2 Å². The van der Waals surface area contributed by atoms with Crippen LogP contribution >= 0.6 is 0 Å². The molecule has 152 valence electrons. The predicted molar refractivity (Wildman–Crippen MR) is 113 cm³/mol. The largest absolute Gasteiger partial charge is 0.370 e. The summed E-state index contributed by atoms with van der Waals surface area (Å²) in [6.07, 6.45) is 0. The molecule has 0 fully saturated rings. The Labute approximate surface area is 168 Å². The highest BCUT2D eigenvalue weighted by atomic mass is 32.2. The van der Waals surface area contributed by atoms with Crippen LogP contribution in [-0.2, 0) is 10.0 Å². The van der Waals surface area contributed by atoms with Crippen LogP contribution in [0.3, 0.4) is 0 Å². The minimum absolute atomic E-state index is 0.0777. The van der Waals surface area contributed by atoms with E-state index >= 15 is 0 Å². The minimum atomic E-state index is -3.59. The molecule has 0 aliphatic rings. The Morgan fingerprint density at radius 3 is 2.29 bits per heavy atom. The van der Waals surface area contributed by atoms with Gasteiger partial charge in [-0.05, 0) is 37.3 Å². The number of rotatable bonds is 9. The van der Waals surface area contributed by atoms with Crippen LogP contribution in [0.5, 0.6) is 0 Å². The van der Waals surface area contributed by atoms with E-state index in [0.717, 1.165) is 5.69 Å². The molecule has 2 rings (SSSR count). The maximum absolute atomic E-state index is 12.7. The lowest BCUT2D eigenvalue weighted by atomic mass is 10.2. The first-order chi connectivity index (χ1) is 13.3. The normalized spacial score (nSPS) is 12.6. The van der Waals surface area contributed by atoms with E-state index in [1.807, 2.05) is 44.3 Å². The van der Waals surface area contributed by atoms with E-state index in [2.05, 4.69) is 10.2 Å². The summed E-state index contributed by atoms with van der Waals surface area (Å²) < 4.78 is 26.7. The quantitative estimate of drug-likeness (QED) is 0.699. The van der Waals surface area contributed by atoms with E-state index in [1.54, 1.807) is 26.0 Å². The Hall–Kier alpha value is -2.38. The van der Waals surface area contributed by atoms with Gasteiger partial charge in [0.2, 0.25) is 10.0 Å². The van der Waals surface area contributed by atoms with Crippen molar-refractivity contribution in [3.8, 4) is 0 Å². The maximum atomic E-state index is 12.7. The van der Waals surface area contributed by atoms with Gasteiger partial charge in [-0.15, -0.1) is 0 Å². The third-order valence-electron chi connectivity index (χ3n) is 4.82. The number of sulfonamides is 1. The Morgan fingerprint density at radius 1 is 1.04 bits per heavy atom. The molecule has 6 nitrogen and oxygen atoms in total. The summed E-state index contributed by atoms with van der Waals surface area (Å²) in [5, 5.41) is 2.90. The zero-order valence-electron chi connectivity index (χ0n) is 16.9. The number of nitrogens with zero attached hydrogens (tertiary/aromatic N) is 2. The number of carbonyl (C=O) groups excluding carboxylic acids is 1. The van der Waals surface area contributed by atoms with Crippen LogP contribution in [0, 0.1) is 0 Å². The minimum Gasteiger partial charge on any atom is -0.370 e. The molecule has 0 aliphatic carbocycles. The Morgan fingerprint density at radius 2 is 1.68 bits per heavy atom. The van der Waals surface area contributed by atoms with Crippen LogP contribution in [0.15, 0.2) is 59.5 Å². The molecule has 1 N–H and O–H groups in total. The predicted octanol–water partition coefficient (Wildman–Crippen LogP) is 2.97. The number of para-hydroxylation sites is 1. The SMILES string of the molecule is CCN(CC)S(=O)(=O)c1cccc(C(=O)NCC(C)N(C)c2ccccc2)c1. The summed E-state index contributed by atoms with van der Waals surface area (Å²) in [6, 6.07) is 16.2. The maximum Gasteiger partial charge on any atom is 0.251 e. The second-order valence-corrected chi connectivity index (χ2v) is 8.56. The number of likely N-dealkylation sites (N-methyl/N-ethyl adjacent to an activating group) is 1. The van der Waals surface area contributed by atoms with Crippen molar-refractivity contribution >= 4 is 21.6 Å². The van der Waals surface area contributed by atoms with Gasteiger partial charge in [-0.25, -0.2) is 8.42 Å². The standard InChI is InChI=1S/C21H29N3O3S/c1-5-24(6-2)28(26,27)20-14-10-11-18(15-20)21(25)22-16-17(3)23(4)19-12-8-7-9-13-19/h7-15,17H,5-6,16H2,1-4H3,(H,22,25). The van der Waals surface area contributed by atoms with Crippen molar-refractivity contribution in [1.29, 1.82) is 0 Å². The van der Waals surface area contributed by atoms with Crippen molar-refractivity contribution in [2.75, 3.05) is 31.6 Å². The van der Waals surface area contributed by atoms with Crippen molar-refractivity contribution in [1.82, 2.24) is 9.62 Å². The topological polar surface area (TPSA) is 69.7 Å². The van der Waals surface area contributed by atoms with Gasteiger partial charge in [0.25, 0.3) is 5.91 Å². The zero-order valence-corrected chi connectivity index (χ0v) is 17.7. The molecule has 0 heterocycles. The fraction of sp³-hybridized carbons (Fsp3) is 0.381. The van der Waals surface area contributed by atoms with Crippen molar-refractivity contribution < 1.29 is 13.2 Å². The Kier molecular flexibility index (Phi) is 7.60. The number of carbonyl (C=O) groups is 1. The number of hydrogen-bond donors (Lipinski definition) is 1. The highest BCUT2D eigenvalue weighted by molar-refractivity contribution is 7.89. The molecule has 0 saturated heterocycles. The molecule has 0 spiro atoms. The summed E-state index contributed by atoms with van der Waals surface area (Å²) in [7, 11) is -1.62. The van der Waals surface area contributed by atoms with Gasteiger partial charge in [0.1, 0.15) is 0 Å². The van der Waals surface area contributed by atoms with E-state index in [4.69, 9.17) is 0 Å². The van der Waals surface area contributed by atoms with Gasteiger partial charge in [-0.3, -0.25) is 4.79 Å². The van der Waals surface area contributed by atoms with Crippen LogP contribution in [0.25, 0.3) is 0 Å². The van der Waals surface area contributed by atoms with E-state index in [9.17, 15) is 13.2 Å². The van der Waals surface area contributed by atoms with Crippen molar-refractivity contribution in [2.45, 2.75) is 31.7 Å². The molecule has 7 heteroatoms. The molecular weight excluding hydrogens is 374 g/mol. The van der Waals surface area contributed by atoms with Gasteiger partial charge < -0.3 is 10.2 Å². The van der Waals surface area contributed by atoms with Gasteiger partial charge in [-0.1, -0.05) is 38.1 Å². The molecule has 0 aromatic heterocycles. The molecule has 0 bridgehead atoms. The summed E-state index contributed by atoms with van der Waals surface area (Å²) >= 11 is 0. The van der Waals surface area contributed by atoms with Crippen LogP contribution < -0.4 is 10.2 Å². The molecule has 1 unspecified atom stereocenters. The van der Waals surface area contributed by atoms with Crippen LogP contribution in [0.1, 0.15) is 31.1 Å². The van der Waals surface area contributed by atoms with E-state index in [-0.39, 0.29) is 16.8 Å². The van der Waals surface area contributed by atoms with Crippen molar-refractivity contribution in [3.63, 3.8) is 0 Å². The van der Waals surface area contributed by atoms with E-state index < -0.39 is 10.0 Å². The first-order valence-electron chi connectivity index (χ1n) is 9.47. The number of amides is 1. The lowest BCUT2D eigenvalue weighted by Gasteiger charge is -2.27. The number of hydrogen-bond acceptors (Lipinski definition) is 4. The first kappa shape index (κ1) is 21.9. The summed E-state index contributed by atoms with van der Waals surface area (Å²) in [6.45, 7) is 6.83. The summed E-state index contributed by atoms with van der Waals surface area (Å²) in [5.74, 6) is -0.287. The zero-order chi connectivity index (χ0) is 20.7. The molecule has 0 aliphatic heterocycles. The van der Waals surface area contributed by atoms with Crippen LogP contribution in [0.4, 0.5) is 5.69 Å². The van der Waals surface area contributed by atoms with Crippen molar-refractivity contribution in [2.24, 2.45) is 0 Å². The number of nitrogens with one attached hydrogen (secondary N) is 1. The second kappa shape index (κ2) is 9.71. The van der Waals surface area contributed by atoms with Gasteiger partial charge in [0.05, 0.1) is 4.90 Å². The van der Waals surface area contributed by atoms with Gasteiger partial charge in [-0.2, -0.15) is 4.31 Å². The molecule has 1 amide bonds. The van der Waals surface area contributed by atoms with E-state index in [1.165, 1.54) is 16.4 Å². The monoisotopic (exact) mass is 403 g/mol. The van der Waals surface area contributed by atoms with Crippen molar-refractivity contribution in [3.05, 3.63) is 60.2 Å². The molecule has 2 aromatic rings. The third kappa shape index (κ3) is 5.11. The molecule has 0 radical (unpaired) electrons. The average Bonchev–Trinajstić information content (AvgIpc) is 2.72. The fourth-order valence-electron chi connectivity index (χ4n) is 2.91. The number of benzene rings is 2. The van der Waals surface area contributed by atoms with Gasteiger partial charge >= 0.3 is 0 Å². The highest BCUT2D eigenvalue weighted by Crippen LogP contribution is 2.17. The fourth-order valence-corrected chi connectivity index (χ4v) is 4.41. The Bertz CT molecular complexity index is 881. The highest BCUT2D eigenvalue weighted by Gasteiger charge is 2.22. The smallest absolute Gasteiger partial charge is 0.251 e. The van der Waals surface area contributed by atoms with Crippen LogP contribution in [-0.4, -0.2) is 51.4 Å². The third-order valence-corrected chi connectivity index (χ3v) is 6.87. The van der Waals surface area contributed by atoms with Crippen LogP contribution in [0.2, 0.25) is 0 Å². The van der Waals surface area contributed by atoms with Gasteiger partial charge in [0, 0.05) is 44.0 Å². The lowest BCUT2D eigenvalue weighted by molar-refractivity contribution is 0.0951.